The zero-order chi connectivity index (χ0) is 18.8. The Bertz CT molecular complexity index is 806. The molecule has 0 spiro atoms. The fourth-order valence-corrected chi connectivity index (χ4v) is 4.33. The second kappa shape index (κ2) is 7.80. The number of amides is 1. The number of hydrogen-bond donors (Lipinski definition) is 0. The molecule has 3 heterocycles. The highest BCUT2D eigenvalue weighted by atomic mass is 19.1. The number of likely N-dealkylation sites (tertiary alicyclic amines) is 2. The van der Waals surface area contributed by atoms with E-state index in [9.17, 15) is 9.18 Å². The lowest BCUT2D eigenvalue weighted by molar-refractivity contribution is 0.0589. The number of halogens is 1. The Morgan fingerprint density at radius 1 is 1.15 bits per heavy atom. The van der Waals surface area contributed by atoms with E-state index >= 15 is 0 Å². The van der Waals surface area contributed by atoms with Crippen LogP contribution in [0.25, 0.3) is 11.3 Å². The van der Waals surface area contributed by atoms with Crippen LogP contribution in [0, 0.1) is 12.7 Å². The first-order valence-electron chi connectivity index (χ1n) is 9.89. The number of benzene rings is 1. The molecule has 0 bridgehead atoms. The Hall–Kier alpha value is -2.21. The number of aromatic nitrogens is 1. The predicted molar refractivity (Wildman–Crippen MR) is 101 cm³/mol. The first kappa shape index (κ1) is 18.2. The average molecular weight is 371 g/mol. The van der Waals surface area contributed by atoms with E-state index in [4.69, 9.17) is 4.52 Å². The van der Waals surface area contributed by atoms with E-state index in [0.717, 1.165) is 25.9 Å². The first-order chi connectivity index (χ1) is 13.1. The van der Waals surface area contributed by atoms with Crippen molar-refractivity contribution in [1.29, 1.82) is 0 Å². The van der Waals surface area contributed by atoms with E-state index in [1.165, 1.54) is 44.5 Å². The van der Waals surface area contributed by atoms with Gasteiger partial charge in [0.1, 0.15) is 22.8 Å². The summed E-state index contributed by atoms with van der Waals surface area (Å²) >= 11 is 0. The third-order valence-corrected chi connectivity index (χ3v) is 5.83. The summed E-state index contributed by atoms with van der Waals surface area (Å²) < 4.78 is 18.9. The van der Waals surface area contributed by atoms with Crippen LogP contribution in [0.1, 0.15) is 48.2 Å². The molecular formula is C21H26FN3O2. The van der Waals surface area contributed by atoms with Gasteiger partial charge in [-0.2, -0.15) is 0 Å². The summed E-state index contributed by atoms with van der Waals surface area (Å²) in [5.41, 5.74) is 1.45. The molecule has 2 aromatic rings. The molecule has 1 aromatic heterocycles. The maximum atomic E-state index is 13.6. The molecule has 6 heteroatoms. The molecular weight excluding hydrogens is 345 g/mol. The van der Waals surface area contributed by atoms with Gasteiger partial charge in [0.25, 0.3) is 5.91 Å². The molecule has 1 aromatic carbocycles. The molecule has 2 fully saturated rings. The summed E-state index contributed by atoms with van der Waals surface area (Å²) in [4.78, 5) is 17.6. The fourth-order valence-electron chi connectivity index (χ4n) is 4.33. The van der Waals surface area contributed by atoms with Crippen molar-refractivity contribution in [2.24, 2.45) is 0 Å². The second-order valence-corrected chi connectivity index (χ2v) is 7.59. The number of piperidine rings is 2. The lowest BCUT2D eigenvalue weighted by Crippen LogP contribution is -2.48. The van der Waals surface area contributed by atoms with E-state index in [0.29, 0.717) is 28.6 Å². The van der Waals surface area contributed by atoms with Crippen LogP contribution in [-0.2, 0) is 0 Å². The minimum Gasteiger partial charge on any atom is -0.360 e. The standard InChI is InChI=1S/C21H26FN3O2/c1-15-19(20(23-27-15)16-6-5-7-17(22)14-16)21(26)25-12-8-18(9-13-25)24-10-3-2-4-11-24/h5-7,14,18H,2-4,8-13H2,1H3. The topological polar surface area (TPSA) is 49.6 Å². The minimum absolute atomic E-state index is 0.0647. The van der Waals surface area contributed by atoms with Crippen LogP contribution < -0.4 is 0 Å². The zero-order valence-electron chi connectivity index (χ0n) is 15.8. The van der Waals surface area contributed by atoms with Gasteiger partial charge in [0.15, 0.2) is 0 Å². The average Bonchev–Trinajstić information content (AvgIpc) is 3.10. The highest BCUT2D eigenvalue weighted by Crippen LogP contribution is 2.29. The molecule has 5 nitrogen and oxygen atoms in total. The SMILES string of the molecule is Cc1onc(-c2cccc(F)c2)c1C(=O)N1CCC(N2CCCCC2)CC1. The van der Waals surface area contributed by atoms with Crippen molar-refractivity contribution < 1.29 is 13.7 Å². The summed E-state index contributed by atoms with van der Waals surface area (Å²) in [6.07, 6.45) is 5.92. The van der Waals surface area contributed by atoms with Crippen LogP contribution in [0.5, 0.6) is 0 Å². The summed E-state index contributed by atoms with van der Waals surface area (Å²) in [6, 6.07) is 6.72. The predicted octanol–water partition coefficient (Wildman–Crippen LogP) is 3.88. The van der Waals surface area contributed by atoms with Crippen LogP contribution in [0.3, 0.4) is 0 Å². The fraction of sp³-hybridized carbons (Fsp3) is 0.524. The first-order valence-corrected chi connectivity index (χ1v) is 9.89. The van der Waals surface area contributed by atoms with Gasteiger partial charge < -0.3 is 14.3 Å². The molecule has 2 aliphatic heterocycles. The van der Waals surface area contributed by atoms with Crippen LogP contribution in [0.2, 0.25) is 0 Å². The Balaban J connectivity index is 1.48. The Labute approximate surface area is 159 Å². The van der Waals surface area contributed by atoms with Crippen molar-refractivity contribution in [3.8, 4) is 11.3 Å². The van der Waals surface area contributed by atoms with Gasteiger partial charge >= 0.3 is 0 Å². The molecule has 1 amide bonds. The lowest BCUT2D eigenvalue weighted by Gasteiger charge is -2.40. The molecule has 0 unspecified atom stereocenters. The minimum atomic E-state index is -0.353. The largest absolute Gasteiger partial charge is 0.360 e. The Morgan fingerprint density at radius 2 is 1.89 bits per heavy atom. The van der Waals surface area contributed by atoms with Crippen LogP contribution >= 0.6 is 0 Å². The van der Waals surface area contributed by atoms with Gasteiger partial charge in [-0.15, -0.1) is 0 Å². The molecule has 27 heavy (non-hydrogen) atoms. The van der Waals surface area contributed by atoms with E-state index < -0.39 is 0 Å². The molecule has 0 atom stereocenters. The number of carbonyl (C=O) groups is 1. The monoisotopic (exact) mass is 371 g/mol. The number of aryl methyl sites for hydroxylation is 1. The van der Waals surface area contributed by atoms with Gasteiger partial charge in [0.2, 0.25) is 0 Å². The van der Waals surface area contributed by atoms with Gasteiger partial charge in [-0.05, 0) is 57.8 Å². The maximum Gasteiger partial charge on any atom is 0.259 e. The summed E-state index contributed by atoms with van der Waals surface area (Å²) in [7, 11) is 0. The van der Waals surface area contributed by atoms with Crippen molar-refractivity contribution in [1.82, 2.24) is 15.0 Å². The molecule has 0 radical (unpaired) electrons. The Kier molecular flexibility index (Phi) is 5.25. The van der Waals surface area contributed by atoms with E-state index in [1.807, 2.05) is 4.90 Å². The highest BCUT2D eigenvalue weighted by molar-refractivity contribution is 6.00. The Morgan fingerprint density at radius 3 is 2.59 bits per heavy atom. The van der Waals surface area contributed by atoms with E-state index in [2.05, 4.69) is 10.1 Å². The van der Waals surface area contributed by atoms with Gasteiger partial charge in [-0.25, -0.2) is 4.39 Å². The lowest BCUT2D eigenvalue weighted by atomic mass is 9.98. The molecule has 144 valence electrons. The van der Waals surface area contributed by atoms with Crippen molar-refractivity contribution in [3.05, 3.63) is 41.4 Å². The molecule has 0 N–H and O–H groups in total. The number of nitrogens with zero attached hydrogens (tertiary/aromatic N) is 3. The maximum absolute atomic E-state index is 13.6. The molecule has 0 saturated carbocycles. The number of hydrogen-bond acceptors (Lipinski definition) is 4. The molecule has 2 saturated heterocycles. The normalized spacial score (nSPS) is 19.4. The summed E-state index contributed by atoms with van der Waals surface area (Å²) in [5, 5.41) is 4.03. The van der Waals surface area contributed by atoms with Crippen molar-refractivity contribution in [3.63, 3.8) is 0 Å². The summed E-state index contributed by atoms with van der Waals surface area (Å²) in [5.74, 6) is 0.0661. The van der Waals surface area contributed by atoms with Crippen molar-refractivity contribution >= 4 is 5.91 Å². The van der Waals surface area contributed by atoms with Crippen LogP contribution in [-0.4, -0.2) is 53.1 Å². The van der Waals surface area contributed by atoms with Crippen molar-refractivity contribution in [2.75, 3.05) is 26.2 Å². The van der Waals surface area contributed by atoms with Crippen molar-refractivity contribution in [2.45, 2.75) is 45.1 Å². The van der Waals surface area contributed by atoms with Crippen LogP contribution in [0.15, 0.2) is 28.8 Å². The van der Waals surface area contributed by atoms with E-state index in [-0.39, 0.29) is 11.7 Å². The van der Waals surface area contributed by atoms with Gasteiger partial charge in [0.05, 0.1) is 0 Å². The third kappa shape index (κ3) is 3.76. The number of rotatable bonds is 3. The van der Waals surface area contributed by atoms with Gasteiger partial charge in [-0.1, -0.05) is 23.7 Å². The van der Waals surface area contributed by atoms with E-state index in [1.54, 1.807) is 19.1 Å². The van der Waals surface area contributed by atoms with Gasteiger partial charge in [0, 0.05) is 24.7 Å². The van der Waals surface area contributed by atoms with Crippen LogP contribution in [0.4, 0.5) is 4.39 Å². The molecule has 2 aliphatic rings. The number of carbonyl (C=O) groups excluding carboxylic acids is 1. The second-order valence-electron chi connectivity index (χ2n) is 7.59. The zero-order valence-corrected chi connectivity index (χ0v) is 15.8. The van der Waals surface area contributed by atoms with Gasteiger partial charge in [-0.3, -0.25) is 4.79 Å². The smallest absolute Gasteiger partial charge is 0.259 e. The third-order valence-electron chi connectivity index (χ3n) is 5.83. The molecule has 0 aliphatic carbocycles. The highest BCUT2D eigenvalue weighted by Gasteiger charge is 2.31. The quantitative estimate of drug-likeness (QED) is 0.822. The summed E-state index contributed by atoms with van der Waals surface area (Å²) in [6.45, 7) is 5.60. The molecule has 4 rings (SSSR count).